The molecule has 0 saturated heterocycles. The molecule has 0 bridgehead atoms. The molecule has 1 aromatic carbocycles. The molecule has 1 aliphatic rings. The zero-order valence-electron chi connectivity index (χ0n) is 9.70. The van der Waals surface area contributed by atoms with Gasteiger partial charge in [-0.25, -0.2) is 4.39 Å². The first-order valence-corrected chi connectivity index (χ1v) is 5.88. The molecule has 3 rings (SSSR count). The Kier molecular flexibility index (Phi) is 2.19. The molecule has 17 heavy (non-hydrogen) atoms. The summed E-state index contributed by atoms with van der Waals surface area (Å²) >= 11 is 0. The molecule has 2 nitrogen and oxygen atoms in total. The van der Waals surface area contributed by atoms with Crippen LogP contribution in [-0.2, 0) is 6.54 Å². The van der Waals surface area contributed by atoms with Crippen LogP contribution in [0, 0.1) is 30.0 Å². The number of hydrogen-bond acceptors (Lipinski definition) is 1. The average Bonchev–Trinajstić information content (AvgIpc) is 3.06. The molecule has 0 aliphatic heterocycles. The van der Waals surface area contributed by atoms with Crippen LogP contribution in [0.15, 0.2) is 18.3 Å². The van der Waals surface area contributed by atoms with E-state index < -0.39 is 0 Å². The molecule has 0 atom stereocenters. The van der Waals surface area contributed by atoms with Gasteiger partial charge in [-0.15, -0.1) is 0 Å². The van der Waals surface area contributed by atoms with Crippen LogP contribution in [-0.4, -0.2) is 4.57 Å². The predicted octanol–water partition coefficient (Wildman–Crippen LogP) is 3.37. The van der Waals surface area contributed by atoms with Gasteiger partial charge in [-0.1, -0.05) is 0 Å². The van der Waals surface area contributed by atoms with Crippen molar-refractivity contribution < 1.29 is 4.39 Å². The number of nitriles is 1. The van der Waals surface area contributed by atoms with Gasteiger partial charge in [-0.3, -0.25) is 0 Å². The topological polar surface area (TPSA) is 28.7 Å². The molecule has 0 radical (unpaired) electrons. The number of nitrogens with zero attached hydrogens (tertiary/aromatic N) is 2. The maximum absolute atomic E-state index is 13.5. The first-order valence-electron chi connectivity index (χ1n) is 5.88. The minimum Gasteiger partial charge on any atom is -0.346 e. The Labute approximate surface area is 99.3 Å². The van der Waals surface area contributed by atoms with E-state index in [0.717, 1.165) is 23.4 Å². The number of fused-ring (bicyclic) bond motifs is 1. The number of hydrogen-bond donors (Lipinski definition) is 0. The largest absolute Gasteiger partial charge is 0.346 e. The van der Waals surface area contributed by atoms with Crippen LogP contribution in [0.1, 0.15) is 24.0 Å². The van der Waals surface area contributed by atoms with E-state index in [4.69, 9.17) is 5.26 Å². The van der Waals surface area contributed by atoms with Crippen molar-refractivity contribution in [1.29, 1.82) is 5.26 Å². The Balaban J connectivity index is 2.21. The van der Waals surface area contributed by atoms with E-state index in [1.54, 1.807) is 6.92 Å². The fourth-order valence-electron chi connectivity index (χ4n) is 2.23. The number of halogens is 1. The fraction of sp³-hybridized carbons (Fsp3) is 0.357. The number of aryl methyl sites for hydroxylation is 1. The molecule has 3 heteroatoms. The van der Waals surface area contributed by atoms with Gasteiger partial charge in [0.05, 0.1) is 5.56 Å². The minimum absolute atomic E-state index is 0.238. The Hall–Kier alpha value is -1.82. The van der Waals surface area contributed by atoms with Crippen molar-refractivity contribution in [3.8, 4) is 6.07 Å². The Bertz CT molecular complexity index is 630. The molecule has 1 aromatic heterocycles. The van der Waals surface area contributed by atoms with Gasteiger partial charge in [0.2, 0.25) is 0 Å². The van der Waals surface area contributed by atoms with Crippen molar-refractivity contribution >= 4 is 10.9 Å². The number of aromatic nitrogens is 1. The third kappa shape index (κ3) is 1.70. The summed E-state index contributed by atoms with van der Waals surface area (Å²) in [6.07, 6.45) is 4.38. The summed E-state index contributed by atoms with van der Waals surface area (Å²) in [7, 11) is 0. The van der Waals surface area contributed by atoms with Crippen LogP contribution in [0.3, 0.4) is 0 Å². The van der Waals surface area contributed by atoms with Crippen molar-refractivity contribution in [3.05, 3.63) is 35.3 Å². The van der Waals surface area contributed by atoms with Crippen molar-refractivity contribution in [1.82, 2.24) is 4.57 Å². The minimum atomic E-state index is -0.238. The van der Waals surface area contributed by atoms with Crippen LogP contribution in [0.5, 0.6) is 0 Å². The summed E-state index contributed by atoms with van der Waals surface area (Å²) < 4.78 is 15.6. The van der Waals surface area contributed by atoms with Gasteiger partial charge >= 0.3 is 0 Å². The van der Waals surface area contributed by atoms with Gasteiger partial charge < -0.3 is 4.57 Å². The van der Waals surface area contributed by atoms with Gasteiger partial charge in [-0.05, 0) is 43.4 Å². The van der Waals surface area contributed by atoms with Crippen molar-refractivity contribution in [2.75, 3.05) is 0 Å². The SMILES string of the molecule is Cc1cc2c(cc1F)c(C#N)cn2CC1CC1. The predicted molar refractivity (Wildman–Crippen MR) is 64.1 cm³/mol. The van der Waals surface area contributed by atoms with Crippen molar-refractivity contribution in [3.63, 3.8) is 0 Å². The number of rotatable bonds is 2. The van der Waals surface area contributed by atoms with E-state index >= 15 is 0 Å². The lowest BCUT2D eigenvalue weighted by Gasteiger charge is -2.04. The van der Waals surface area contributed by atoms with Gasteiger partial charge in [0.1, 0.15) is 11.9 Å². The first-order chi connectivity index (χ1) is 8.19. The van der Waals surface area contributed by atoms with Crippen molar-refractivity contribution in [2.45, 2.75) is 26.3 Å². The molecule has 0 unspecified atom stereocenters. The highest BCUT2D eigenvalue weighted by Gasteiger charge is 2.23. The van der Waals surface area contributed by atoms with Crippen LogP contribution in [0.4, 0.5) is 4.39 Å². The summed E-state index contributed by atoms with van der Waals surface area (Å²) in [6.45, 7) is 2.71. The molecule has 1 saturated carbocycles. The Morgan fingerprint density at radius 2 is 2.24 bits per heavy atom. The lowest BCUT2D eigenvalue weighted by molar-refractivity contribution is 0.619. The zero-order chi connectivity index (χ0) is 12.0. The maximum Gasteiger partial charge on any atom is 0.126 e. The summed E-state index contributed by atoms with van der Waals surface area (Å²) in [5.74, 6) is 0.501. The summed E-state index contributed by atoms with van der Waals surface area (Å²) in [5, 5.41) is 9.81. The van der Waals surface area contributed by atoms with E-state index in [1.165, 1.54) is 18.9 Å². The lowest BCUT2D eigenvalue weighted by atomic mass is 10.1. The van der Waals surface area contributed by atoms with E-state index in [2.05, 4.69) is 10.6 Å². The molecule has 2 aromatic rings. The van der Waals surface area contributed by atoms with Gasteiger partial charge in [0, 0.05) is 23.6 Å². The van der Waals surface area contributed by atoms with Crippen LogP contribution in [0.2, 0.25) is 0 Å². The van der Waals surface area contributed by atoms with E-state index in [1.807, 2.05) is 12.3 Å². The van der Waals surface area contributed by atoms with Crippen molar-refractivity contribution in [2.24, 2.45) is 5.92 Å². The summed E-state index contributed by atoms with van der Waals surface area (Å²) in [6, 6.07) is 5.46. The molecule has 1 fully saturated rings. The van der Waals surface area contributed by atoms with Crippen LogP contribution >= 0.6 is 0 Å². The normalized spacial score (nSPS) is 15.1. The van der Waals surface area contributed by atoms with Gasteiger partial charge in [0.25, 0.3) is 0 Å². The third-order valence-electron chi connectivity index (χ3n) is 3.43. The van der Waals surface area contributed by atoms with Gasteiger partial charge in [-0.2, -0.15) is 5.26 Å². The Morgan fingerprint density at radius 3 is 2.88 bits per heavy atom. The van der Waals surface area contributed by atoms with E-state index in [0.29, 0.717) is 11.1 Å². The van der Waals surface area contributed by atoms with Crippen LogP contribution in [0.25, 0.3) is 10.9 Å². The highest BCUT2D eigenvalue weighted by Crippen LogP contribution is 2.33. The zero-order valence-corrected chi connectivity index (χ0v) is 9.70. The highest BCUT2D eigenvalue weighted by atomic mass is 19.1. The third-order valence-corrected chi connectivity index (χ3v) is 3.43. The van der Waals surface area contributed by atoms with Gasteiger partial charge in [0.15, 0.2) is 0 Å². The smallest absolute Gasteiger partial charge is 0.126 e. The monoisotopic (exact) mass is 228 g/mol. The molecule has 0 spiro atoms. The molecule has 0 amide bonds. The highest BCUT2D eigenvalue weighted by molar-refractivity contribution is 5.87. The standard InChI is InChI=1S/C14H13FN2/c1-9-4-14-12(5-13(9)15)11(6-16)8-17(14)7-10-2-3-10/h4-5,8,10H,2-3,7H2,1H3. The second kappa shape index (κ2) is 3.59. The summed E-state index contributed by atoms with van der Waals surface area (Å²) in [4.78, 5) is 0. The van der Waals surface area contributed by atoms with E-state index in [-0.39, 0.29) is 5.82 Å². The molecule has 1 aliphatic carbocycles. The van der Waals surface area contributed by atoms with E-state index in [9.17, 15) is 4.39 Å². The average molecular weight is 228 g/mol. The summed E-state index contributed by atoms with van der Waals surface area (Å²) in [5.41, 5.74) is 2.18. The molecule has 0 N–H and O–H groups in total. The quantitative estimate of drug-likeness (QED) is 0.774. The molecule has 1 heterocycles. The molecule has 86 valence electrons. The molecular formula is C14H13FN2. The second-order valence-corrected chi connectivity index (χ2v) is 4.87. The lowest BCUT2D eigenvalue weighted by Crippen LogP contribution is -1.97. The number of benzene rings is 1. The Morgan fingerprint density at radius 1 is 1.47 bits per heavy atom. The second-order valence-electron chi connectivity index (χ2n) is 4.87. The first kappa shape index (κ1) is 10.3. The van der Waals surface area contributed by atoms with Crippen LogP contribution < -0.4 is 0 Å². The molecular weight excluding hydrogens is 215 g/mol. The fourth-order valence-corrected chi connectivity index (χ4v) is 2.23. The maximum atomic E-state index is 13.5.